The fourth-order valence-electron chi connectivity index (χ4n) is 1.54. The average Bonchev–Trinajstić information content (AvgIpc) is 2.90. The molecule has 0 amide bonds. The summed E-state index contributed by atoms with van der Waals surface area (Å²) < 4.78 is 40.4. The third-order valence-corrected chi connectivity index (χ3v) is 3.76. The van der Waals surface area contributed by atoms with E-state index in [1.165, 1.54) is 29.5 Å². The van der Waals surface area contributed by atoms with E-state index < -0.39 is 34.0 Å². The van der Waals surface area contributed by atoms with Crippen LogP contribution in [0.5, 0.6) is 0 Å². The largest absolute Gasteiger partial charge is 0.481 e. The molecule has 0 spiro atoms. The summed E-state index contributed by atoms with van der Waals surface area (Å²) in [6.07, 6.45) is 2.01. The number of rotatable bonds is 6. The Hall–Kier alpha value is -2.49. The Morgan fingerprint density at radius 2 is 2.19 bits per heavy atom. The lowest BCUT2D eigenvalue weighted by atomic mass is 10.3. The molecule has 21 heavy (non-hydrogen) atoms. The summed E-state index contributed by atoms with van der Waals surface area (Å²) in [4.78, 5) is 14.0. The topological polar surface area (TPSA) is 114 Å². The molecule has 1 aromatic heterocycles. The van der Waals surface area contributed by atoms with Gasteiger partial charge in [-0.25, -0.2) is 22.5 Å². The minimum Gasteiger partial charge on any atom is -0.481 e. The molecule has 112 valence electrons. The molecule has 0 unspecified atom stereocenters. The van der Waals surface area contributed by atoms with Crippen LogP contribution in [0.3, 0.4) is 0 Å². The highest BCUT2D eigenvalue weighted by Gasteiger charge is 2.14. The first-order valence-corrected chi connectivity index (χ1v) is 7.39. The van der Waals surface area contributed by atoms with E-state index in [9.17, 15) is 17.6 Å². The number of carboxylic acid groups (broad SMARTS) is 1. The molecule has 0 bridgehead atoms. The van der Waals surface area contributed by atoms with Crippen LogP contribution in [0.1, 0.15) is 6.42 Å². The summed E-state index contributed by atoms with van der Waals surface area (Å²) in [7, 11) is -3.85. The Morgan fingerprint density at radius 3 is 2.76 bits per heavy atom. The number of benzene rings is 1. The smallest absolute Gasteiger partial charge is 0.304 e. The van der Waals surface area contributed by atoms with Gasteiger partial charge in [0.2, 0.25) is 10.0 Å². The summed E-state index contributed by atoms with van der Waals surface area (Å²) in [5, 5.41) is 12.2. The van der Waals surface area contributed by atoms with Gasteiger partial charge >= 0.3 is 5.97 Å². The van der Waals surface area contributed by atoms with Gasteiger partial charge in [0.25, 0.3) is 0 Å². The Bertz CT molecular complexity index is 746. The monoisotopic (exact) mass is 314 g/mol. The van der Waals surface area contributed by atoms with Crippen molar-refractivity contribution in [3.63, 3.8) is 0 Å². The standard InChI is InChI=1S/C11H11FN4O4S/c12-9-5-8(15-21(19,20)4-3-11(17)18)1-2-10(9)16-7-13-6-14-16/h1-2,5-7,15H,3-4H2,(H,17,18). The third-order valence-electron chi connectivity index (χ3n) is 2.47. The predicted octanol–water partition coefficient (Wildman–Crippen LogP) is 0.623. The fraction of sp³-hybridized carbons (Fsp3) is 0.182. The number of hydrogen-bond donors (Lipinski definition) is 2. The number of carbonyl (C=O) groups is 1. The Kier molecular flexibility index (Phi) is 4.17. The van der Waals surface area contributed by atoms with E-state index in [-0.39, 0.29) is 11.4 Å². The molecule has 1 heterocycles. The predicted molar refractivity (Wildman–Crippen MR) is 71.0 cm³/mol. The van der Waals surface area contributed by atoms with E-state index >= 15 is 0 Å². The number of nitrogens with one attached hydrogen (secondary N) is 1. The number of hydrogen-bond acceptors (Lipinski definition) is 5. The molecular formula is C11H11FN4O4S. The summed E-state index contributed by atoms with van der Waals surface area (Å²) in [6.45, 7) is 0. The number of sulfonamides is 1. The molecule has 0 saturated carbocycles. The number of carboxylic acids is 1. The van der Waals surface area contributed by atoms with E-state index in [4.69, 9.17) is 5.11 Å². The van der Waals surface area contributed by atoms with Crippen LogP contribution in [0.2, 0.25) is 0 Å². The maximum Gasteiger partial charge on any atom is 0.304 e. The van der Waals surface area contributed by atoms with Crippen LogP contribution in [-0.4, -0.2) is 40.0 Å². The van der Waals surface area contributed by atoms with E-state index in [0.29, 0.717) is 0 Å². The lowest BCUT2D eigenvalue weighted by Crippen LogP contribution is -2.19. The molecular weight excluding hydrogens is 303 g/mol. The van der Waals surface area contributed by atoms with Gasteiger partial charge in [0.1, 0.15) is 18.3 Å². The number of nitrogens with zero attached hydrogens (tertiary/aromatic N) is 3. The van der Waals surface area contributed by atoms with Crippen molar-refractivity contribution >= 4 is 21.7 Å². The molecule has 0 atom stereocenters. The third kappa shape index (κ3) is 3.99. The number of halogens is 1. The summed E-state index contributed by atoms with van der Waals surface area (Å²) >= 11 is 0. The van der Waals surface area contributed by atoms with E-state index in [1.807, 2.05) is 0 Å². The molecule has 0 fully saturated rings. The van der Waals surface area contributed by atoms with Crippen molar-refractivity contribution in [1.29, 1.82) is 0 Å². The van der Waals surface area contributed by atoms with E-state index in [2.05, 4.69) is 14.8 Å². The van der Waals surface area contributed by atoms with Gasteiger partial charge in [-0.2, -0.15) is 5.10 Å². The van der Waals surface area contributed by atoms with E-state index in [0.717, 1.165) is 6.07 Å². The number of aliphatic carboxylic acids is 1. The zero-order valence-electron chi connectivity index (χ0n) is 10.6. The van der Waals surface area contributed by atoms with Gasteiger partial charge in [-0.05, 0) is 12.1 Å². The first kappa shape index (κ1) is 14.9. The fourth-order valence-corrected chi connectivity index (χ4v) is 2.57. The quantitative estimate of drug-likeness (QED) is 0.808. The Morgan fingerprint density at radius 1 is 1.43 bits per heavy atom. The minimum atomic E-state index is -3.85. The number of anilines is 1. The van der Waals surface area contributed by atoms with Gasteiger partial charge in [-0.15, -0.1) is 0 Å². The zero-order valence-corrected chi connectivity index (χ0v) is 11.4. The maximum atomic E-state index is 13.9. The van der Waals surface area contributed by atoms with Gasteiger partial charge < -0.3 is 5.11 Å². The van der Waals surface area contributed by atoms with Gasteiger partial charge in [0, 0.05) is 6.07 Å². The van der Waals surface area contributed by atoms with Crippen LogP contribution in [0.4, 0.5) is 10.1 Å². The lowest BCUT2D eigenvalue weighted by Gasteiger charge is -2.09. The lowest BCUT2D eigenvalue weighted by molar-refractivity contribution is -0.136. The molecule has 10 heteroatoms. The average molecular weight is 314 g/mol. The second-order valence-electron chi connectivity index (χ2n) is 4.07. The first-order valence-electron chi connectivity index (χ1n) is 5.74. The summed E-state index contributed by atoms with van der Waals surface area (Å²) in [6, 6.07) is 3.66. The van der Waals surface area contributed by atoms with Gasteiger partial charge in [0.15, 0.2) is 5.82 Å². The molecule has 0 aliphatic heterocycles. The highest BCUT2D eigenvalue weighted by atomic mass is 32.2. The van der Waals surface area contributed by atoms with Crippen molar-refractivity contribution in [2.45, 2.75) is 6.42 Å². The van der Waals surface area contributed by atoms with Crippen LogP contribution >= 0.6 is 0 Å². The molecule has 8 nitrogen and oxygen atoms in total. The molecule has 0 radical (unpaired) electrons. The molecule has 0 aliphatic carbocycles. The van der Waals surface area contributed by atoms with Gasteiger partial charge in [0.05, 0.1) is 17.9 Å². The highest BCUT2D eigenvalue weighted by Crippen LogP contribution is 2.18. The van der Waals surface area contributed by atoms with Crippen LogP contribution in [-0.2, 0) is 14.8 Å². The first-order chi connectivity index (χ1) is 9.87. The van der Waals surface area contributed by atoms with Gasteiger partial charge in [-0.3, -0.25) is 9.52 Å². The summed E-state index contributed by atoms with van der Waals surface area (Å²) in [5.41, 5.74) is 0.114. The Labute approximate surface area is 119 Å². The second-order valence-corrected chi connectivity index (χ2v) is 5.91. The van der Waals surface area contributed by atoms with Crippen molar-refractivity contribution in [3.05, 3.63) is 36.7 Å². The van der Waals surface area contributed by atoms with Crippen molar-refractivity contribution in [1.82, 2.24) is 14.8 Å². The van der Waals surface area contributed by atoms with Crippen LogP contribution in [0.25, 0.3) is 5.69 Å². The van der Waals surface area contributed by atoms with E-state index in [1.54, 1.807) is 0 Å². The van der Waals surface area contributed by atoms with Crippen LogP contribution in [0.15, 0.2) is 30.9 Å². The SMILES string of the molecule is O=C(O)CCS(=O)(=O)Nc1ccc(-n2cncn2)c(F)c1. The molecule has 2 aromatic rings. The van der Waals surface area contributed by atoms with Crippen molar-refractivity contribution in [2.24, 2.45) is 0 Å². The Balaban J connectivity index is 2.15. The zero-order chi connectivity index (χ0) is 15.5. The van der Waals surface area contributed by atoms with Crippen molar-refractivity contribution in [2.75, 3.05) is 10.5 Å². The van der Waals surface area contributed by atoms with Gasteiger partial charge in [-0.1, -0.05) is 0 Å². The van der Waals surface area contributed by atoms with Crippen molar-refractivity contribution < 1.29 is 22.7 Å². The maximum absolute atomic E-state index is 13.9. The molecule has 2 rings (SSSR count). The highest BCUT2D eigenvalue weighted by molar-refractivity contribution is 7.92. The number of aromatic nitrogens is 3. The molecule has 1 aromatic carbocycles. The van der Waals surface area contributed by atoms with Crippen LogP contribution in [0, 0.1) is 5.82 Å². The van der Waals surface area contributed by atoms with Crippen molar-refractivity contribution in [3.8, 4) is 5.69 Å². The normalized spacial score (nSPS) is 11.3. The minimum absolute atomic E-state index is 0.00162. The summed E-state index contributed by atoms with van der Waals surface area (Å²) in [5.74, 6) is -2.51. The molecule has 0 saturated heterocycles. The molecule has 2 N–H and O–H groups in total. The molecule has 0 aliphatic rings. The second kappa shape index (κ2) is 5.87. The van der Waals surface area contributed by atoms with Crippen LogP contribution < -0.4 is 4.72 Å².